The summed E-state index contributed by atoms with van der Waals surface area (Å²) in [6, 6.07) is 4.16. The molecule has 104 valence electrons. The molecule has 3 heteroatoms. The fourth-order valence-electron chi connectivity index (χ4n) is 3.64. The highest BCUT2D eigenvalue weighted by Crippen LogP contribution is 2.37. The Morgan fingerprint density at radius 3 is 3.05 bits per heavy atom. The van der Waals surface area contributed by atoms with Crippen LogP contribution in [0.25, 0.3) is 0 Å². The first-order valence-corrected chi connectivity index (χ1v) is 7.79. The molecule has 0 spiro atoms. The zero-order valence-corrected chi connectivity index (χ0v) is 12.4. The number of ether oxygens (including phenoxy) is 1. The van der Waals surface area contributed by atoms with Crippen LogP contribution in [-0.2, 0) is 12.8 Å². The molecule has 1 aromatic carbocycles. The van der Waals surface area contributed by atoms with Gasteiger partial charge >= 0.3 is 0 Å². The Labute approximate surface area is 120 Å². The molecule has 19 heavy (non-hydrogen) atoms. The molecule has 0 saturated carbocycles. The minimum Gasteiger partial charge on any atom is -0.493 e. The van der Waals surface area contributed by atoms with Gasteiger partial charge in [0, 0.05) is 17.0 Å². The van der Waals surface area contributed by atoms with Gasteiger partial charge < -0.3 is 10.1 Å². The number of halogens is 1. The molecule has 1 N–H and O–H groups in total. The lowest BCUT2D eigenvalue weighted by Crippen LogP contribution is -2.41. The van der Waals surface area contributed by atoms with Crippen LogP contribution in [0.15, 0.2) is 12.1 Å². The molecule has 0 aliphatic carbocycles. The number of fused-ring (bicyclic) bond motifs is 1. The third kappa shape index (κ3) is 2.61. The highest BCUT2D eigenvalue weighted by Gasteiger charge is 2.34. The summed E-state index contributed by atoms with van der Waals surface area (Å²) in [5.41, 5.74) is 2.84. The second-order valence-electron chi connectivity index (χ2n) is 5.89. The molecule has 1 fully saturated rings. The number of benzene rings is 1. The first kappa shape index (κ1) is 13.3. The SMILES string of the molecule is CCCC1(Cc2cc(Cl)cc3c2OCC3)CCCN1. The Hall–Kier alpha value is -0.730. The van der Waals surface area contributed by atoms with E-state index in [1.165, 1.54) is 36.8 Å². The van der Waals surface area contributed by atoms with Gasteiger partial charge in [-0.3, -0.25) is 0 Å². The highest BCUT2D eigenvalue weighted by molar-refractivity contribution is 6.30. The van der Waals surface area contributed by atoms with Crippen molar-refractivity contribution in [3.05, 3.63) is 28.3 Å². The lowest BCUT2D eigenvalue weighted by Gasteiger charge is -2.30. The summed E-state index contributed by atoms with van der Waals surface area (Å²) < 4.78 is 5.83. The van der Waals surface area contributed by atoms with E-state index in [-0.39, 0.29) is 5.54 Å². The molecule has 1 aromatic rings. The van der Waals surface area contributed by atoms with Crippen molar-refractivity contribution in [1.82, 2.24) is 5.32 Å². The first-order chi connectivity index (χ1) is 9.22. The Morgan fingerprint density at radius 2 is 2.32 bits per heavy atom. The predicted octanol–water partition coefficient (Wildman–Crippen LogP) is 3.74. The minimum absolute atomic E-state index is 0.263. The monoisotopic (exact) mass is 279 g/mol. The van der Waals surface area contributed by atoms with E-state index in [0.29, 0.717) is 0 Å². The van der Waals surface area contributed by atoms with Crippen molar-refractivity contribution in [1.29, 1.82) is 0 Å². The van der Waals surface area contributed by atoms with Gasteiger partial charge in [-0.25, -0.2) is 0 Å². The van der Waals surface area contributed by atoms with E-state index in [4.69, 9.17) is 16.3 Å². The molecule has 2 aliphatic heterocycles. The van der Waals surface area contributed by atoms with E-state index in [1.807, 2.05) is 0 Å². The first-order valence-electron chi connectivity index (χ1n) is 7.41. The number of rotatable bonds is 4. The molecule has 0 bridgehead atoms. The van der Waals surface area contributed by atoms with Crippen LogP contribution < -0.4 is 10.1 Å². The Kier molecular flexibility index (Phi) is 3.72. The summed E-state index contributed by atoms with van der Waals surface area (Å²) in [4.78, 5) is 0. The molecule has 2 nitrogen and oxygen atoms in total. The van der Waals surface area contributed by atoms with E-state index in [1.54, 1.807) is 0 Å². The van der Waals surface area contributed by atoms with Crippen LogP contribution in [0.2, 0.25) is 5.02 Å². The average molecular weight is 280 g/mol. The maximum absolute atomic E-state index is 6.26. The van der Waals surface area contributed by atoms with Crippen LogP contribution in [0, 0.1) is 0 Å². The lowest BCUT2D eigenvalue weighted by molar-refractivity contribution is 0.324. The van der Waals surface area contributed by atoms with Crippen LogP contribution in [0.4, 0.5) is 0 Å². The van der Waals surface area contributed by atoms with Crippen LogP contribution in [0.1, 0.15) is 43.7 Å². The van der Waals surface area contributed by atoms with Crippen molar-refractivity contribution in [3.63, 3.8) is 0 Å². The van der Waals surface area contributed by atoms with Crippen LogP contribution >= 0.6 is 11.6 Å². The van der Waals surface area contributed by atoms with Gasteiger partial charge in [-0.15, -0.1) is 0 Å². The van der Waals surface area contributed by atoms with E-state index in [9.17, 15) is 0 Å². The van der Waals surface area contributed by atoms with Gasteiger partial charge in [0.05, 0.1) is 6.61 Å². The molecule has 1 atom stereocenters. The third-order valence-corrected chi connectivity index (χ3v) is 4.63. The van der Waals surface area contributed by atoms with Crippen LogP contribution in [0.5, 0.6) is 5.75 Å². The number of hydrogen-bond donors (Lipinski definition) is 1. The molecule has 0 radical (unpaired) electrons. The molecular weight excluding hydrogens is 258 g/mol. The number of hydrogen-bond acceptors (Lipinski definition) is 2. The summed E-state index contributed by atoms with van der Waals surface area (Å²) in [7, 11) is 0. The lowest BCUT2D eigenvalue weighted by atomic mass is 9.84. The smallest absolute Gasteiger partial charge is 0.125 e. The van der Waals surface area contributed by atoms with Crippen molar-refractivity contribution >= 4 is 11.6 Å². The molecule has 0 amide bonds. The van der Waals surface area contributed by atoms with Gasteiger partial charge in [0.1, 0.15) is 5.75 Å². The number of nitrogens with one attached hydrogen (secondary N) is 1. The Balaban J connectivity index is 1.90. The molecule has 0 aromatic heterocycles. The summed E-state index contributed by atoms with van der Waals surface area (Å²) in [5.74, 6) is 1.11. The van der Waals surface area contributed by atoms with Crippen molar-refractivity contribution in [2.45, 2.75) is 51.0 Å². The second-order valence-corrected chi connectivity index (χ2v) is 6.33. The van der Waals surface area contributed by atoms with E-state index >= 15 is 0 Å². The Morgan fingerprint density at radius 1 is 1.42 bits per heavy atom. The van der Waals surface area contributed by atoms with Gasteiger partial charge in [0.25, 0.3) is 0 Å². The maximum atomic E-state index is 6.26. The quantitative estimate of drug-likeness (QED) is 0.907. The fourth-order valence-corrected chi connectivity index (χ4v) is 3.91. The summed E-state index contributed by atoms with van der Waals surface area (Å²) >= 11 is 6.26. The van der Waals surface area contributed by atoms with E-state index in [0.717, 1.165) is 36.8 Å². The zero-order chi connectivity index (χ0) is 13.3. The van der Waals surface area contributed by atoms with Crippen LogP contribution in [-0.4, -0.2) is 18.7 Å². The van der Waals surface area contributed by atoms with Gasteiger partial charge in [-0.05, 0) is 55.5 Å². The predicted molar refractivity (Wildman–Crippen MR) is 79.2 cm³/mol. The molecule has 2 heterocycles. The zero-order valence-electron chi connectivity index (χ0n) is 11.6. The van der Waals surface area contributed by atoms with Gasteiger partial charge in [-0.2, -0.15) is 0 Å². The largest absolute Gasteiger partial charge is 0.493 e. The maximum Gasteiger partial charge on any atom is 0.125 e. The normalized spacial score (nSPS) is 25.4. The van der Waals surface area contributed by atoms with E-state index < -0.39 is 0 Å². The van der Waals surface area contributed by atoms with Gasteiger partial charge in [-0.1, -0.05) is 24.9 Å². The summed E-state index contributed by atoms with van der Waals surface area (Å²) in [5, 5.41) is 4.58. The third-order valence-electron chi connectivity index (χ3n) is 4.41. The van der Waals surface area contributed by atoms with Crippen molar-refractivity contribution < 1.29 is 4.74 Å². The highest BCUT2D eigenvalue weighted by atomic mass is 35.5. The average Bonchev–Trinajstić information content (AvgIpc) is 2.98. The second kappa shape index (κ2) is 5.34. The summed E-state index contributed by atoms with van der Waals surface area (Å²) in [6.45, 7) is 4.21. The molecule has 1 saturated heterocycles. The van der Waals surface area contributed by atoms with Gasteiger partial charge in [0.15, 0.2) is 0 Å². The molecular formula is C16H22ClNO. The minimum atomic E-state index is 0.263. The van der Waals surface area contributed by atoms with Gasteiger partial charge in [0.2, 0.25) is 0 Å². The molecule has 2 aliphatic rings. The molecule has 1 unspecified atom stereocenters. The van der Waals surface area contributed by atoms with E-state index in [2.05, 4.69) is 24.4 Å². The molecule has 3 rings (SSSR count). The Bertz CT molecular complexity index is 466. The fraction of sp³-hybridized carbons (Fsp3) is 0.625. The topological polar surface area (TPSA) is 21.3 Å². The van der Waals surface area contributed by atoms with Crippen molar-refractivity contribution in [2.75, 3.05) is 13.2 Å². The van der Waals surface area contributed by atoms with Crippen molar-refractivity contribution in [3.8, 4) is 5.75 Å². The van der Waals surface area contributed by atoms with Crippen molar-refractivity contribution in [2.24, 2.45) is 0 Å². The van der Waals surface area contributed by atoms with Crippen LogP contribution in [0.3, 0.4) is 0 Å². The standard InChI is InChI=1S/C16H22ClNO/c1-2-5-16(6-3-7-18-16)11-13-10-14(17)9-12-4-8-19-15(12)13/h9-10,18H,2-8,11H2,1H3. The summed E-state index contributed by atoms with van der Waals surface area (Å²) in [6.07, 6.45) is 7.04.